The van der Waals surface area contributed by atoms with Crippen molar-refractivity contribution in [1.29, 1.82) is 0 Å². The topological polar surface area (TPSA) is 113 Å². The highest BCUT2D eigenvalue weighted by molar-refractivity contribution is 5.89. The van der Waals surface area contributed by atoms with Crippen LogP contribution in [0.3, 0.4) is 0 Å². The van der Waals surface area contributed by atoms with Crippen molar-refractivity contribution in [2.75, 3.05) is 13.1 Å². The molecule has 0 atom stereocenters. The molecule has 4 N–H and O–H groups in total. The molecule has 102 valence electrons. The number of hydrogen-bond acceptors (Lipinski definition) is 3. The number of nitrogens with zero attached hydrogens (tertiary/aromatic N) is 1. The van der Waals surface area contributed by atoms with E-state index in [-0.39, 0.29) is 6.03 Å². The van der Waals surface area contributed by atoms with Gasteiger partial charge < -0.3 is 21.1 Å². The number of piperidine rings is 1. The number of carbonyl (C=O) groups excluding carboxylic acids is 2. The molecule has 7 nitrogen and oxygen atoms in total. The van der Waals surface area contributed by atoms with Crippen LogP contribution < -0.4 is 11.1 Å². The summed E-state index contributed by atoms with van der Waals surface area (Å²) in [6.07, 6.45) is 0.861. The van der Waals surface area contributed by atoms with Gasteiger partial charge in [-0.05, 0) is 26.7 Å². The van der Waals surface area contributed by atoms with Crippen molar-refractivity contribution in [2.24, 2.45) is 11.7 Å². The van der Waals surface area contributed by atoms with Crippen LogP contribution in [0.15, 0.2) is 0 Å². The number of amides is 3. The molecule has 1 fully saturated rings. The molecule has 7 heteroatoms. The average Bonchev–Trinajstić information content (AvgIpc) is 2.28. The third-order valence-electron chi connectivity index (χ3n) is 3.17. The Labute approximate surface area is 105 Å². The summed E-state index contributed by atoms with van der Waals surface area (Å²) >= 11 is 0. The van der Waals surface area contributed by atoms with Crippen LogP contribution >= 0.6 is 0 Å². The Balaban J connectivity index is 2.51. The summed E-state index contributed by atoms with van der Waals surface area (Å²) in [6.45, 7) is 3.80. The Morgan fingerprint density at radius 1 is 1.28 bits per heavy atom. The first-order valence-electron chi connectivity index (χ1n) is 5.84. The normalized spacial score (nSPS) is 17.3. The van der Waals surface area contributed by atoms with E-state index in [0.717, 1.165) is 0 Å². The molecule has 0 aliphatic carbocycles. The number of carboxylic acids is 1. The van der Waals surface area contributed by atoms with Crippen LogP contribution in [0.4, 0.5) is 4.79 Å². The van der Waals surface area contributed by atoms with Gasteiger partial charge in [-0.25, -0.2) is 4.79 Å². The van der Waals surface area contributed by atoms with Gasteiger partial charge in [-0.15, -0.1) is 0 Å². The highest BCUT2D eigenvalue weighted by Crippen LogP contribution is 2.17. The first-order chi connectivity index (χ1) is 8.24. The largest absolute Gasteiger partial charge is 0.481 e. The predicted molar refractivity (Wildman–Crippen MR) is 63.7 cm³/mol. The predicted octanol–water partition coefficient (Wildman–Crippen LogP) is -0.243. The highest BCUT2D eigenvalue weighted by Gasteiger charge is 2.32. The maximum atomic E-state index is 11.9. The number of carboxylic acid groups (broad SMARTS) is 1. The zero-order valence-corrected chi connectivity index (χ0v) is 10.6. The van der Waals surface area contributed by atoms with E-state index in [9.17, 15) is 14.4 Å². The number of aliphatic carboxylic acids is 1. The van der Waals surface area contributed by atoms with Gasteiger partial charge in [0, 0.05) is 13.1 Å². The maximum absolute atomic E-state index is 11.9. The summed E-state index contributed by atoms with van der Waals surface area (Å²) in [6, 6.07) is -0.386. The first kappa shape index (κ1) is 14.3. The molecule has 1 aliphatic heterocycles. The second-order valence-electron chi connectivity index (χ2n) is 5.02. The van der Waals surface area contributed by atoms with Crippen molar-refractivity contribution in [2.45, 2.75) is 32.2 Å². The molecule has 0 aromatic heterocycles. The Bertz CT molecular complexity index is 359. The zero-order chi connectivity index (χ0) is 13.9. The van der Waals surface area contributed by atoms with Crippen LogP contribution in [-0.4, -0.2) is 46.5 Å². The minimum absolute atomic E-state index is 0.373. The maximum Gasteiger partial charge on any atom is 0.318 e. The summed E-state index contributed by atoms with van der Waals surface area (Å²) < 4.78 is 0. The number of hydrogen-bond donors (Lipinski definition) is 3. The number of nitrogens with one attached hydrogen (secondary N) is 1. The third kappa shape index (κ3) is 3.35. The van der Waals surface area contributed by atoms with Gasteiger partial charge in [0.15, 0.2) is 0 Å². The number of likely N-dealkylation sites (tertiary alicyclic amines) is 1. The number of carbonyl (C=O) groups is 3. The molecule has 0 spiro atoms. The summed E-state index contributed by atoms with van der Waals surface area (Å²) in [5.74, 6) is -1.83. The molecule has 0 saturated carbocycles. The van der Waals surface area contributed by atoms with Gasteiger partial charge in [-0.2, -0.15) is 0 Å². The van der Waals surface area contributed by atoms with E-state index in [4.69, 9.17) is 10.8 Å². The molecular weight excluding hydrogens is 238 g/mol. The standard InChI is InChI=1S/C11H19N3O4/c1-11(2,9(12)17)13-10(18)14-5-3-7(4-6-14)8(15)16/h7H,3-6H2,1-2H3,(H2,12,17)(H,13,18)(H,15,16). The second-order valence-corrected chi connectivity index (χ2v) is 5.02. The lowest BCUT2D eigenvalue weighted by Gasteiger charge is -2.33. The molecule has 1 saturated heterocycles. The lowest BCUT2D eigenvalue weighted by atomic mass is 9.97. The van der Waals surface area contributed by atoms with Crippen LogP contribution in [0, 0.1) is 5.92 Å². The highest BCUT2D eigenvalue weighted by atomic mass is 16.4. The van der Waals surface area contributed by atoms with Gasteiger partial charge in [-0.3, -0.25) is 9.59 Å². The molecular formula is C11H19N3O4. The van der Waals surface area contributed by atoms with Gasteiger partial charge in [-0.1, -0.05) is 0 Å². The smallest absolute Gasteiger partial charge is 0.318 e. The minimum atomic E-state index is -1.11. The van der Waals surface area contributed by atoms with Crippen LogP contribution in [0.25, 0.3) is 0 Å². The zero-order valence-electron chi connectivity index (χ0n) is 10.6. The summed E-state index contributed by atoms with van der Waals surface area (Å²) in [5, 5.41) is 11.4. The fourth-order valence-corrected chi connectivity index (χ4v) is 1.74. The second kappa shape index (κ2) is 5.24. The molecule has 0 aromatic carbocycles. The van der Waals surface area contributed by atoms with Crippen LogP contribution in [0.1, 0.15) is 26.7 Å². The molecule has 3 amide bonds. The number of rotatable bonds is 3. The molecule has 1 aliphatic rings. The van der Waals surface area contributed by atoms with E-state index in [1.54, 1.807) is 0 Å². The number of urea groups is 1. The molecule has 0 radical (unpaired) electrons. The van der Waals surface area contributed by atoms with Gasteiger partial charge >= 0.3 is 12.0 Å². The van der Waals surface area contributed by atoms with Crippen LogP contribution in [-0.2, 0) is 9.59 Å². The van der Waals surface area contributed by atoms with E-state index < -0.39 is 23.3 Å². The lowest BCUT2D eigenvalue weighted by Crippen LogP contribution is -2.57. The monoisotopic (exact) mass is 257 g/mol. The van der Waals surface area contributed by atoms with E-state index in [1.807, 2.05) is 0 Å². The first-order valence-corrected chi connectivity index (χ1v) is 5.84. The fraction of sp³-hybridized carbons (Fsp3) is 0.727. The van der Waals surface area contributed by atoms with Crippen LogP contribution in [0.5, 0.6) is 0 Å². The van der Waals surface area contributed by atoms with Gasteiger partial charge in [0.2, 0.25) is 5.91 Å². The van der Waals surface area contributed by atoms with Gasteiger partial charge in [0.1, 0.15) is 5.54 Å². The van der Waals surface area contributed by atoms with E-state index in [1.165, 1.54) is 18.7 Å². The van der Waals surface area contributed by atoms with Crippen molar-refractivity contribution >= 4 is 17.9 Å². The fourth-order valence-electron chi connectivity index (χ4n) is 1.74. The Morgan fingerprint density at radius 3 is 2.17 bits per heavy atom. The van der Waals surface area contributed by atoms with Crippen LogP contribution in [0.2, 0.25) is 0 Å². The van der Waals surface area contributed by atoms with Crippen molar-refractivity contribution in [3.8, 4) is 0 Å². The van der Waals surface area contributed by atoms with Crippen molar-refractivity contribution < 1.29 is 19.5 Å². The Hall–Kier alpha value is -1.79. The van der Waals surface area contributed by atoms with E-state index >= 15 is 0 Å². The van der Waals surface area contributed by atoms with E-state index in [0.29, 0.717) is 25.9 Å². The summed E-state index contributed by atoms with van der Waals surface area (Å²) in [4.78, 5) is 35.2. The Morgan fingerprint density at radius 2 is 1.78 bits per heavy atom. The van der Waals surface area contributed by atoms with Crippen molar-refractivity contribution in [1.82, 2.24) is 10.2 Å². The average molecular weight is 257 g/mol. The SMILES string of the molecule is CC(C)(NC(=O)N1CCC(C(=O)O)CC1)C(N)=O. The van der Waals surface area contributed by atoms with Crippen molar-refractivity contribution in [3.05, 3.63) is 0 Å². The molecule has 0 bridgehead atoms. The molecule has 0 unspecified atom stereocenters. The lowest BCUT2D eigenvalue weighted by molar-refractivity contribution is -0.143. The van der Waals surface area contributed by atoms with Gasteiger partial charge in [0.05, 0.1) is 5.92 Å². The summed E-state index contributed by atoms with van der Waals surface area (Å²) in [7, 11) is 0. The third-order valence-corrected chi connectivity index (χ3v) is 3.17. The number of nitrogens with two attached hydrogens (primary N) is 1. The van der Waals surface area contributed by atoms with Crippen molar-refractivity contribution in [3.63, 3.8) is 0 Å². The molecule has 0 aromatic rings. The summed E-state index contributed by atoms with van der Waals surface area (Å²) in [5.41, 5.74) is 4.05. The minimum Gasteiger partial charge on any atom is -0.481 e. The molecule has 1 rings (SSSR count). The molecule has 1 heterocycles. The Kier molecular flexibility index (Phi) is 4.15. The number of primary amides is 1. The quantitative estimate of drug-likeness (QED) is 0.647. The van der Waals surface area contributed by atoms with Gasteiger partial charge in [0.25, 0.3) is 0 Å². The van der Waals surface area contributed by atoms with E-state index in [2.05, 4.69) is 5.32 Å². The molecule has 18 heavy (non-hydrogen) atoms.